The maximum Gasteiger partial charge on any atom is 0.221 e. The monoisotopic (exact) mass is 383 g/mol. The lowest BCUT2D eigenvalue weighted by Crippen LogP contribution is -2.26. The maximum atomic E-state index is 12.8. The van der Waals surface area contributed by atoms with Gasteiger partial charge < -0.3 is 10.1 Å². The second kappa shape index (κ2) is 9.64. The van der Waals surface area contributed by atoms with E-state index in [9.17, 15) is 14.0 Å². The Morgan fingerprint density at radius 2 is 1.89 bits per heavy atom. The number of unbranched alkanes of at least 4 members (excludes halogenated alkanes) is 1. The van der Waals surface area contributed by atoms with Crippen LogP contribution >= 0.6 is 0 Å². The molecule has 1 N–H and O–H groups in total. The molecule has 3 rings (SSSR count). The number of para-hydroxylation sites is 1. The van der Waals surface area contributed by atoms with Crippen molar-refractivity contribution in [2.45, 2.75) is 25.8 Å². The number of ether oxygens (including phenoxy) is 1. The Morgan fingerprint density at radius 1 is 1.11 bits per heavy atom. The topological polar surface area (TPSA) is 73.2 Å². The summed E-state index contributed by atoms with van der Waals surface area (Å²) in [6.45, 7) is 1.47. The lowest BCUT2D eigenvalue weighted by molar-refractivity contribution is -0.121. The Morgan fingerprint density at radius 3 is 2.71 bits per heavy atom. The summed E-state index contributed by atoms with van der Waals surface area (Å²) < 4.78 is 20.0. The summed E-state index contributed by atoms with van der Waals surface area (Å²) in [7, 11) is 0. The van der Waals surface area contributed by atoms with Crippen LogP contribution in [0, 0.1) is 5.82 Å². The van der Waals surface area contributed by atoms with Crippen LogP contribution in [0.2, 0.25) is 0 Å². The third-order valence-corrected chi connectivity index (χ3v) is 4.29. The summed E-state index contributed by atoms with van der Waals surface area (Å²) in [5.74, 6) is 0.274. The normalized spacial score (nSPS) is 10.8. The Balaban J connectivity index is 1.36. The molecule has 0 aliphatic heterocycles. The fraction of sp³-hybridized carbons (Fsp3) is 0.286. The molecule has 3 aromatic rings. The van der Waals surface area contributed by atoms with E-state index in [4.69, 9.17) is 4.74 Å². The van der Waals surface area contributed by atoms with Crippen molar-refractivity contribution in [2.75, 3.05) is 13.2 Å². The van der Waals surface area contributed by atoms with E-state index in [1.165, 1.54) is 18.3 Å². The van der Waals surface area contributed by atoms with Crippen LogP contribution in [-0.2, 0) is 11.3 Å². The van der Waals surface area contributed by atoms with Crippen molar-refractivity contribution in [3.8, 4) is 5.75 Å². The molecule has 0 aliphatic carbocycles. The van der Waals surface area contributed by atoms with E-state index in [0.29, 0.717) is 30.8 Å². The van der Waals surface area contributed by atoms with Gasteiger partial charge in [0.25, 0.3) is 0 Å². The first-order valence-electron chi connectivity index (χ1n) is 9.23. The molecule has 1 heterocycles. The molecule has 1 aromatic heterocycles. The molecule has 0 radical (unpaired) electrons. The number of halogens is 1. The van der Waals surface area contributed by atoms with Gasteiger partial charge in [0, 0.05) is 18.4 Å². The van der Waals surface area contributed by atoms with Gasteiger partial charge in [0.2, 0.25) is 11.3 Å². The van der Waals surface area contributed by atoms with Crippen molar-refractivity contribution >= 4 is 16.8 Å². The average Bonchev–Trinajstić information content (AvgIpc) is 2.71. The van der Waals surface area contributed by atoms with Crippen molar-refractivity contribution in [3.05, 3.63) is 70.8 Å². The van der Waals surface area contributed by atoms with E-state index in [1.54, 1.807) is 28.9 Å². The lowest BCUT2D eigenvalue weighted by atomic mass is 10.2. The van der Waals surface area contributed by atoms with E-state index in [2.05, 4.69) is 10.4 Å². The van der Waals surface area contributed by atoms with Crippen LogP contribution in [0.4, 0.5) is 4.39 Å². The Bertz CT molecular complexity index is 986. The molecule has 2 aromatic carbocycles. The number of carbonyl (C=O) groups excluding carboxylic acids is 1. The van der Waals surface area contributed by atoms with Gasteiger partial charge in [-0.1, -0.05) is 12.1 Å². The number of amides is 1. The van der Waals surface area contributed by atoms with Crippen LogP contribution in [0.25, 0.3) is 10.9 Å². The number of nitrogens with one attached hydrogen (secondary N) is 1. The third-order valence-electron chi connectivity index (χ3n) is 4.29. The largest absolute Gasteiger partial charge is 0.494 e. The van der Waals surface area contributed by atoms with Crippen LogP contribution in [0.1, 0.15) is 19.3 Å². The zero-order chi connectivity index (χ0) is 19.8. The number of aryl methyl sites for hydroxylation is 1. The minimum atomic E-state index is -0.291. The van der Waals surface area contributed by atoms with Crippen molar-refractivity contribution in [1.82, 2.24) is 15.1 Å². The summed E-state index contributed by atoms with van der Waals surface area (Å²) in [5.41, 5.74) is 0.597. The quantitative estimate of drug-likeness (QED) is 0.577. The van der Waals surface area contributed by atoms with E-state index >= 15 is 0 Å². The fourth-order valence-corrected chi connectivity index (χ4v) is 2.81. The Hall–Kier alpha value is -3.22. The molecule has 0 unspecified atom stereocenters. The lowest BCUT2D eigenvalue weighted by Gasteiger charge is -2.10. The Kier molecular flexibility index (Phi) is 6.73. The number of rotatable bonds is 9. The predicted molar refractivity (Wildman–Crippen MR) is 105 cm³/mol. The van der Waals surface area contributed by atoms with E-state index in [-0.39, 0.29) is 23.6 Å². The summed E-state index contributed by atoms with van der Waals surface area (Å²) in [5, 5.41) is 7.59. The fourth-order valence-electron chi connectivity index (χ4n) is 2.81. The van der Waals surface area contributed by atoms with Crippen molar-refractivity contribution in [2.24, 2.45) is 0 Å². The molecule has 28 heavy (non-hydrogen) atoms. The highest BCUT2D eigenvalue weighted by atomic mass is 19.1. The molecular weight excluding hydrogens is 361 g/mol. The van der Waals surface area contributed by atoms with Gasteiger partial charge in [0.1, 0.15) is 11.6 Å². The second-order valence-corrected chi connectivity index (χ2v) is 6.36. The standard InChI is InChI=1S/C21H22FN3O3/c22-16-7-9-17(10-8-16)28-14-4-3-12-23-21(27)11-13-25-19-6-2-1-5-18(19)20(26)15-24-25/h1-2,5-10,15H,3-4,11-14H2,(H,23,27). The smallest absolute Gasteiger partial charge is 0.221 e. The highest BCUT2D eigenvalue weighted by Gasteiger charge is 2.06. The van der Waals surface area contributed by atoms with Gasteiger partial charge in [-0.15, -0.1) is 0 Å². The van der Waals surface area contributed by atoms with Crippen LogP contribution in [0.5, 0.6) is 5.75 Å². The number of nitrogens with zero attached hydrogens (tertiary/aromatic N) is 2. The molecule has 0 aliphatic rings. The van der Waals surface area contributed by atoms with Gasteiger partial charge in [0.05, 0.1) is 24.9 Å². The molecule has 0 atom stereocenters. The van der Waals surface area contributed by atoms with E-state index in [0.717, 1.165) is 18.4 Å². The number of benzene rings is 2. The van der Waals surface area contributed by atoms with Crippen LogP contribution in [0.3, 0.4) is 0 Å². The number of hydrogen-bond acceptors (Lipinski definition) is 4. The molecule has 7 heteroatoms. The minimum Gasteiger partial charge on any atom is -0.494 e. The van der Waals surface area contributed by atoms with Gasteiger partial charge in [-0.25, -0.2) is 4.39 Å². The number of fused-ring (bicyclic) bond motifs is 1. The number of carbonyl (C=O) groups is 1. The summed E-state index contributed by atoms with van der Waals surface area (Å²) in [4.78, 5) is 23.8. The van der Waals surface area contributed by atoms with Crippen molar-refractivity contribution < 1.29 is 13.9 Å². The summed E-state index contributed by atoms with van der Waals surface area (Å²) in [6, 6.07) is 13.1. The van der Waals surface area contributed by atoms with Crippen LogP contribution in [0.15, 0.2) is 59.5 Å². The zero-order valence-electron chi connectivity index (χ0n) is 15.4. The molecular formula is C21H22FN3O3. The van der Waals surface area contributed by atoms with Gasteiger partial charge in [0.15, 0.2) is 0 Å². The minimum absolute atomic E-state index is 0.0657. The van der Waals surface area contributed by atoms with Gasteiger partial charge >= 0.3 is 0 Å². The third kappa shape index (κ3) is 5.39. The first-order chi connectivity index (χ1) is 13.6. The molecule has 0 fully saturated rings. The maximum absolute atomic E-state index is 12.8. The molecule has 0 saturated heterocycles. The highest BCUT2D eigenvalue weighted by Crippen LogP contribution is 2.11. The van der Waals surface area contributed by atoms with E-state index < -0.39 is 0 Å². The molecule has 1 amide bonds. The molecule has 0 bridgehead atoms. The van der Waals surface area contributed by atoms with Crippen LogP contribution < -0.4 is 15.5 Å². The molecule has 0 spiro atoms. The number of hydrogen-bond donors (Lipinski definition) is 1. The molecule has 0 saturated carbocycles. The Labute approximate surface area is 161 Å². The molecule has 146 valence electrons. The van der Waals surface area contributed by atoms with Gasteiger partial charge in [-0.2, -0.15) is 5.10 Å². The van der Waals surface area contributed by atoms with Gasteiger partial charge in [-0.05, 0) is 49.2 Å². The average molecular weight is 383 g/mol. The molecule has 6 nitrogen and oxygen atoms in total. The number of aromatic nitrogens is 2. The van der Waals surface area contributed by atoms with E-state index in [1.807, 2.05) is 12.1 Å². The van der Waals surface area contributed by atoms with Crippen LogP contribution in [-0.4, -0.2) is 28.8 Å². The summed E-state index contributed by atoms with van der Waals surface area (Å²) >= 11 is 0. The predicted octanol–water partition coefficient (Wildman–Crippen LogP) is 2.90. The van der Waals surface area contributed by atoms with Gasteiger partial charge in [-0.3, -0.25) is 14.3 Å². The highest BCUT2D eigenvalue weighted by molar-refractivity contribution is 5.79. The first-order valence-corrected chi connectivity index (χ1v) is 9.23. The zero-order valence-corrected chi connectivity index (χ0v) is 15.4. The van der Waals surface area contributed by atoms with Crippen molar-refractivity contribution in [3.63, 3.8) is 0 Å². The second-order valence-electron chi connectivity index (χ2n) is 6.36. The summed E-state index contributed by atoms with van der Waals surface area (Å²) in [6.07, 6.45) is 3.13. The first kappa shape index (κ1) is 19.5. The SMILES string of the molecule is O=C(CCn1ncc(=O)c2ccccc21)NCCCCOc1ccc(F)cc1. The van der Waals surface area contributed by atoms with Crippen molar-refractivity contribution in [1.29, 1.82) is 0 Å².